The summed E-state index contributed by atoms with van der Waals surface area (Å²) < 4.78 is 27.0. The molecule has 1 N–H and O–H groups in total. The Bertz CT molecular complexity index is 473. The molecule has 1 atom stereocenters. The summed E-state index contributed by atoms with van der Waals surface area (Å²) in [7, 11) is 0. The van der Waals surface area contributed by atoms with Crippen molar-refractivity contribution < 1.29 is 8.78 Å². The Kier molecular flexibility index (Phi) is 4.02. The van der Waals surface area contributed by atoms with Crippen LogP contribution in [0.15, 0.2) is 12.1 Å². The molecule has 2 aliphatic heterocycles. The van der Waals surface area contributed by atoms with Crippen molar-refractivity contribution in [2.45, 2.75) is 19.8 Å². The van der Waals surface area contributed by atoms with E-state index in [1.54, 1.807) is 0 Å². The second-order valence-electron chi connectivity index (χ2n) is 5.79. The van der Waals surface area contributed by atoms with Crippen molar-refractivity contribution in [3.63, 3.8) is 0 Å². The predicted molar refractivity (Wildman–Crippen MR) is 75.1 cm³/mol. The number of nitrogens with zero attached hydrogens (tertiary/aromatic N) is 1. The number of anilines is 1. The third-order valence-corrected chi connectivity index (χ3v) is 4.14. The Hall–Kier alpha value is -0.870. The van der Waals surface area contributed by atoms with Gasteiger partial charge in [-0.25, -0.2) is 8.78 Å². The van der Waals surface area contributed by atoms with E-state index in [-0.39, 0.29) is 17.8 Å². The number of rotatable bonds is 2. The summed E-state index contributed by atoms with van der Waals surface area (Å²) in [6, 6.07) is 2.46. The first-order valence-electron chi connectivity index (χ1n) is 6.51. The van der Waals surface area contributed by atoms with Crippen LogP contribution in [-0.2, 0) is 6.42 Å². The van der Waals surface area contributed by atoms with E-state index in [4.69, 9.17) is 0 Å². The highest BCUT2D eigenvalue weighted by Gasteiger charge is 2.33. The first-order valence-corrected chi connectivity index (χ1v) is 6.51. The van der Waals surface area contributed by atoms with E-state index in [1.807, 2.05) is 0 Å². The second-order valence-corrected chi connectivity index (χ2v) is 5.79. The van der Waals surface area contributed by atoms with E-state index in [1.165, 1.54) is 6.07 Å². The van der Waals surface area contributed by atoms with Gasteiger partial charge in [0, 0.05) is 37.0 Å². The molecule has 0 spiro atoms. The third kappa shape index (κ3) is 2.70. The number of benzene rings is 1. The quantitative estimate of drug-likeness (QED) is 0.900. The molecule has 19 heavy (non-hydrogen) atoms. The monoisotopic (exact) mass is 288 g/mol. The van der Waals surface area contributed by atoms with Crippen LogP contribution in [-0.4, -0.2) is 26.2 Å². The van der Waals surface area contributed by atoms with Gasteiger partial charge in [0.25, 0.3) is 0 Å². The van der Waals surface area contributed by atoms with E-state index < -0.39 is 11.6 Å². The lowest BCUT2D eigenvalue weighted by atomic mass is 9.89. The number of fused-ring (bicyclic) bond motifs is 1. The van der Waals surface area contributed by atoms with Crippen LogP contribution in [0.5, 0.6) is 0 Å². The molecule has 1 fully saturated rings. The molecule has 0 bridgehead atoms. The van der Waals surface area contributed by atoms with E-state index in [2.05, 4.69) is 17.1 Å². The van der Waals surface area contributed by atoms with Crippen LogP contribution < -0.4 is 10.2 Å². The molecule has 0 aromatic heterocycles. The van der Waals surface area contributed by atoms with Crippen molar-refractivity contribution in [1.29, 1.82) is 0 Å². The Morgan fingerprint density at radius 2 is 2.16 bits per heavy atom. The van der Waals surface area contributed by atoms with Gasteiger partial charge in [0.2, 0.25) is 0 Å². The van der Waals surface area contributed by atoms with Crippen molar-refractivity contribution in [2.75, 3.05) is 31.1 Å². The van der Waals surface area contributed by atoms with Crippen molar-refractivity contribution in [1.82, 2.24) is 5.32 Å². The van der Waals surface area contributed by atoms with Gasteiger partial charge in [0.15, 0.2) is 0 Å². The molecule has 1 aromatic rings. The molecule has 2 heterocycles. The van der Waals surface area contributed by atoms with E-state index >= 15 is 0 Å². The van der Waals surface area contributed by atoms with Crippen LogP contribution >= 0.6 is 12.4 Å². The zero-order chi connectivity index (χ0) is 12.8. The fourth-order valence-corrected chi connectivity index (χ4v) is 3.12. The minimum Gasteiger partial charge on any atom is -0.370 e. The summed E-state index contributed by atoms with van der Waals surface area (Å²) in [4.78, 5) is 2.13. The summed E-state index contributed by atoms with van der Waals surface area (Å²) in [5.74, 6) is -0.880. The Balaban J connectivity index is 0.00000133. The summed E-state index contributed by atoms with van der Waals surface area (Å²) in [5.41, 5.74) is 1.64. The van der Waals surface area contributed by atoms with Gasteiger partial charge in [-0.15, -0.1) is 12.4 Å². The normalized spacial score (nSPS) is 25.3. The Morgan fingerprint density at radius 3 is 2.84 bits per heavy atom. The third-order valence-electron chi connectivity index (χ3n) is 4.14. The maximum atomic E-state index is 13.7. The molecule has 5 heteroatoms. The summed E-state index contributed by atoms with van der Waals surface area (Å²) in [6.07, 6.45) is 1.81. The van der Waals surface area contributed by atoms with Crippen LogP contribution in [0.1, 0.15) is 18.9 Å². The highest BCUT2D eigenvalue weighted by atomic mass is 35.5. The average molecular weight is 289 g/mol. The van der Waals surface area contributed by atoms with Gasteiger partial charge < -0.3 is 10.2 Å². The largest absolute Gasteiger partial charge is 0.370 e. The summed E-state index contributed by atoms with van der Waals surface area (Å²) in [6.45, 7) is 5.92. The summed E-state index contributed by atoms with van der Waals surface area (Å²) >= 11 is 0. The van der Waals surface area contributed by atoms with E-state index in [0.29, 0.717) is 12.0 Å². The topological polar surface area (TPSA) is 15.3 Å². The molecule has 3 rings (SSSR count). The molecule has 1 aromatic carbocycles. The van der Waals surface area contributed by atoms with Crippen molar-refractivity contribution in [3.8, 4) is 0 Å². The van der Waals surface area contributed by atoms with Gasteiger partial charge in [-0.2, -0.15) is 0 Å². The first-order chi connectivity index (χ1) is 8.57. The van der Waals surface area contributed by atoms with Crippen LogP contribution in [0.25, 0.3) is 0 Å². The standard InChI is InChI=1S/C14H18F2N2.ClH/c1-14(3-4-17-8-14)9-18-5-2-11-12(16)6-10(15)7-13(11)18;/h6-7,17H,2-5,8-9H2,1H3;1H. The SMILES string of the molecule is CC1(CN2CCc3c(F)cc(F)cc32)CCNC1.Cl. The maximum absolute atomic E-state index is 13.7. The molecule has 0 saturated carbocycles. The molecule has 0 radical (unpaired) electrons. The van der Waals surface area contributed by atoms with Gasteiger partial charge in [-0.05, 0) is 30.9 Å². The number of hydrogen-bond acceptors (Lipinski definition) is 2. The molecule has 0 aliphatic carbocycles. The fourth-order valence-electron chi connectivity index (χ4n) is 3.12. The molecular formula is C14H19ClF2N2. The number of halogens is 3. The molecule has 2 nitrogen and oxygen atoms in total. The molecule has 1 unspecified atom stereocenters. The predicted octanol–water partition coefficient (Wildman–Crippen LogP) is 2.75. The molecule has 1 saturated heterocycles. The molecular weight excluding hydrogens is 270 g/mol. The van der Waals surface area contributed by atoms with E-state index in [9.17, 15) is 8.78 Å². The van der Waals surface area contributed by atoms with Crippen molar-refractivity contribution in [2.24, 2.45) is 5.41 Å². The average Bonchev–Trinajstić information content (AvgIpc) is 2.87. The lowest BCUT2D eigenvalue weighted by Gasteiger charge is -2.31. The smallest absolute Gasteiger partial charge is 0.131 e. The van der Waals surface area contributed by atoms with Crippen LogP contribution in [0, 0.1) is 17.0 Å². The van der Waals surface area contributed by atoms with Crippen molar-refractivity contribution in [3.05, 3.63) is 29.3 Å². The minimum absolute atomic E-state index is 0. The van der Waals surface area contributed by atoms with E-state index in [0.717, 1.165) is 44.4 Å². The van der Waals surface area contributed by atoms with Crippen molar-refractivity contribution >= 4 is 18.1 Å². The van der Waals surface area contributed by atoms with Gasteiger partial charge in [0.1, 0.15) is 11.6 Å². The number of hydrogen-bond donors (Lipinski definition) is 1. The maximum Gasteiger partial charge on any atom is 0.131 e. The fraction of sp³-hybridized carbons (Fsp3) is 0.571. The lowest BCUT2D eigenvalue weighted by Crippen LogP contribution is -2.36. The Morgan fingerprint density at radius 1 is 1.37 bits per heavy atom. The van der Waals surface area contributed by atoms with Gasteiger partial charge in [0.05, 0.1) is 0 Å². The minimum atomic E-state index is -0.479. The highest BCUT2D eigenvalue weighted by molar-refractivity contribution is 5.85. The molecule has 2 aliphatic rings. The van der Waals surface area contributed by atoms with Gasteiger partial charge >= 0.3 is 0 Å². The van der Waals surface area contributed by atoms with Gasteiger partial charge in [-0.3, -0.25) is 0 Å². The van der Waals surface area contributed by atoms with Crippen LogP contribution in [0.3, 0.4) is 0 Å². The molecule has 106 valence electrons. The zero-order valence-corrected chi connectivity index (χ0v) is 11.8. The first kappa shape index (κ1) is 14.5. The zero-order valence-electron chi connectivity index (χ0n) is 11.0. The highest BCUT2D eigenvalue weighted by Crippen LogP contribution is 2.35. The van der Waals surface area contributed by atoms with Crippen LogP contribution in [0.4, 0.5) is 14.5 Å². The van der Waals surface area contributed by atoms with Crippen LogP contribution in [0.2, 0.25) is 0 Å². The number of nitrogens with one attached hydrogen (secondary N) is 1. The van der Waals surface area contributed by atoms with Gasteiger partial charge in [-0.1, -0.05) is 6.92 Å². The Labute approximate surface area is 118 Å². The summed E-state index contributed by atoms with van der Waals surface area (Å²) in [5, 5.41) is 3.36. The second kappa shape index (κ2) is 5.25. The lowest BCUT2D eigenvalue weighted by molar-refractivity contribution is 0.367. The molecule has 0 amide bonds.